The van der Waals surface area contributed by atoms with Crippen LogP contribution in [0.1, 0.15) is 18.4 Å². The zero-order valence-electron chi connectivity index (χ0n) is 14.3. The van der Waals surface area contributed by atoms with Gasteiger partial charge in [-0.05, 0) is 30.9 Å². The van der Waals surface area contributed by atoms with Crippen LogP contribution < -0.4 is 4.90 Å². The van der Waals surface area contributed by atoms with Gasteiger partial charge in [-0.15, -0.1) is 0 Å². The van der Waals surface area contributed by atoms with Gasteiger partial charge in [-0.3, -0.25) is 4.90 Å². The summed E-state index contributed by atoms with van der Waals surface area (Å²) in [5.41, 5.74) is -0.731. The van der Waals surface area contributed by atoms with Crippen molar-refractivity contribution in [2.45, 2.75) is 37.3 Å². The van der Waals surface area contributed by atoms with E-state index in [1.807, 2.05) is 4.90 Å². The fourth-order valence-electron chi connectivity index (χ4n) is 3.89. The summed E-state index contributed by atoms with van der Waals surface area (Å²) < 4.78 is 39.6. The summed E-state index contributed by atoms with van der Waals surface area (Å²) in [5.74, 6) is 0.0601. The van der Waals surface area contributed by atoms with Crippen molar-refractivity contribution >= 4 is 5.82 Å². The average Bonchev–Trinajstić information content (AvgIpc) is 3.05. The Bertz CT molecular complexity index is 616. The molecule has 2 unspecified atom stereocenters. The largest absolute Gasteiger partial charge is 0.419 e. The lowest BCUT2D eigenvalue weighted by Gasteiger charge is -2.40. The summed E-state index contributed by atoms with van der Waals surface area (Å²) in [6.07, 6.45) is -3.82. The van der Waals surface area contributed by atoms with Gasteiger partial charge in [-0.2, -0.15) is 13.2 Å². The van der Waals surface area contributed by atoms with Crippen LogP contribution >= 0.6 is 0 Å². The van der Waals surface area contributed by atoms with E-state index >= 15 is 0 Å². The van der Waals surface area contributed by atoms with E-state index in [1.54, 1.807) is 4.90 Å². The van der Waals surface area contributed by atoms with Crippen LogP contribution in [0.3, 0.4) is 0 Å². The van der Waals surface area contributed by atoms with E-state index in [9.17, 15) is 28.5 Å². The predicted octanol–water partition coefficient (Wildman–Crippen LogP) is 0.715. The molecule has 0 saturated carbocycles. The molecule has 2 saturated heterocycles. The standard InChI is InChI=1S/C17H24F3N3O3/c18-17(19,20)13-2-1-4-21-16(13)22-5-3-11(7-22)8-23-9-15(26)14(25)6-12(23)10-24/h1-2,4,11-12,14-15,24-26H,3,5-10H2/t11?,12-,14?,15+/m1/s1. The number of rotatable bonds is 4. The quantitative estimate of drug-likeness (QED) is 0.720. The molecule has 1 aromatic heterocycles. The lowest BCUT2D eigenvalue weighted by molar-refractivity contribution is -0.137. The molecule has 2 aliphatic heterocycles. The van der Waals surface area contributed by atoms with Crippen molar-refractivity contribution in [2.75, 3.05) is 37.7 Å². The lowest BCUT2D eigenvalue weighted by Crippen LogP contribution is -2.54. The van der Waals surface area contributed by atoms with Gasteiger partial charge in [-0.1, -0.05) is 0 Å². The Hall–Kier alpha value is -1.42. The zero-order valence-corrected chi connectivity index (χ0v) is 14.3. The van der Waals surface area contributed by atoms with Crippen LogP contribution in [0, 0.1) is 5.92 Å². The summed E-state index contributed by atoms with van der Waals surface area (Å²) in [5, 5.41) is 29.1. The molecular weight excluding hydrogens is 351 g/mol. The molecule has 9 heteroatoms. The highest BCUT2D eigenvalue weighted by molar-refractivity contribution is 5.49. The maximum atomic E-state index is 13.2. The summed E-state index contributed by atoms with van der Waals surface area (Å²) >= 11 is 0. The normalized spacial score (nSPS) is 30.8. The molecule has 1 aromatic rings. The number of likely N-dealkylation sites (tertiary alicyclic amines) is 1. The number of hydrogen-bond donors (Lipinski definition) is 3. The van der Waals surface area contributed by atoms with E-state index in [1.165, 1.54) is 12.3 Å². The van der Waals surface area contributed by atoms with Crippen molar-refractivity contribution < 1.29 is 28.5 Å². The van der Waals surface area contributed by atoms with Crippen molar-refractivity contribution in [3.63, 3.8) is 0 Å². The molecule has 3 rings (SSSR count). The molecular formula is C17H24F3N3O3. The number of aliphatic hydroxyl groups is 3. The Morgan fingerprint density at radius 1 is 1.19 bits per heavy atom. The number of halogens is 3. The van der Waals surface area contributed by atoms with Gasteiger partial charge in [-0.25, -0.2) is 4.98 Å². The molecule has 6 nitrogen and oxygen atoms in total. The zero-order chi connectivity index (χ0) is 18.9. The summed E-state index contributed by atoms with van der Waals surface area (Å²) in [4.78, 5) is 7.52. The number of alkyl halides is 3. The number of pyridine rings is 1. The highest BCUT2D eigenvalue weighted by Crippen LogP contribution is 2.37. The van der Waals surface area contributed by atoms with E-state index in [2.05, 4.69) is 4.98 Å². The van der Waals surface area contributed by atoms with Crippen LogP contribution in [0.2, 0.25) is 0 Å². The summed E-state index contributed by atoms with van der Waals surface area (Å²) in [6, 6.07) is 2.08. The minimum absolute atomic E-state index is 0.0460. The van der Waals surface area contributed by atoms with Crippen LogP contribution in [-0.4, -0.2) is 76.2 Å². The van der Waals surface area contributed by atoms with Gasteiger partial charge >= 0.3 is 6.18 Å². The van der Waals surface area contributed by atoms with Crippen molar-refractivity contribution in [2.24, 2.45) is 5.92 Å². The molecule has 3 heterocycles. The molecule has 4 atom stereocenters. The van der Waals surface area contributed by atoms with Gasteiger partial charge in [0.2, 0.25) is 0 Å². The Morgan fingerprint density at radius 2 is 1.96 bits per heavy atom. The van der Waals surface area contributed by atoms with Crippen LogP contribution in [0.25, 0.3) is 0 Å². The smallest absolute Gasteiger partial charge is 0.395 e. The van der Waals surface area contributed by atoms with Crippen LogP contribution in [0.4, 0.5) is 19.0 Å². The second kappa shape index (κ2) is 7.67. The first-order valence-corrected chi connectivity index (χ1v) is 8.77. The minimum Gasteiger partial charge on any atom is -0.395 e. The highest BCUT2D eigenvalue weighted by Gasteiger charge is 2.39. The van der Waals surface area contributed by atoms with E-state index in [0.29, 0.717) is 26.1 Å². The van der Waals surface area contributed by atoms with Gasteiger partial charge < -0.3 is 20.2 Å². The number of aliphatic hydroxyl groups excluding tert-OH is 3. The molecule has 2 aliphatic rings. The van der Waals surface area contributed by atoms with Gasteiger partial charge in [0.1, 0.15) is 5.82 Å². The van der Waals surface area contributed by atoms with E-state index in [4.69, 9.17) is 0 Å². The van der Waals surface area contributed by atoms with Gasteiger partial charge in [0.15, 0.2) is 0 Å². The predicted molar refractivity (Wildman–Crippen MR) is 88.6 cm³/mol. The fourth-order valence-corrected chi connectivity index (χ4v) is 3.89. The van der Waals surface area contributed by atoms with Crippen LogP contribution in [0.15, 0.2) is 18.3 Å². The first-order chi connectivity index (χ1) is 12.3. The Balaban J connectivity index is 1.66. The van der Waals surface area contributed by atoms with Crippen molar-refractivity contribution in [1.82, 2.24) is 9.88 Å². The first kappa shape index (κ1) is 19.3. The number of aromatic nitrogens is 1. The third-order valence-corrected chi connectivity index (χ3v) is 5.28. The van der Waals surface area contributed by atoms with Crippen molar-refractivity contribution in [3.8, 4) is 0 Å². The van der Waals surface area contributed by atoms with Crippen molar-refractivity contribution in [1.29, 1.82) is 0 Å². The van der Waals surface area contributed by atoms with Crippen molar-refractivity contribution in [3.05, 3.63) is 23.9 Å². The number of anilines is 1. The molecule has 26 heavy (non-hydrogen) atoms. The fraction of sp³-hybridized carbons (Fsp3) is 0.706. The molecule has 0 aliphatic carbocycles. The third-order valence-electron chi connectivity index (χ3n) is 5.28. The number of piperidine rings is 1. The molecule has 146 valence electrons. The molecule has 0 spiro atoms. The van der Waals surface area contributed by atoms with E-state index in [-0.39, 0.29) is 37.4 Å². The number of nitrogens with zero attached hydrogens (tertiary/aromatic N) is 3. The van der Waals surface area contributed by atoms with Crippen LogP contribution in [0.5, 0.6) is 0 Å². The first-order valence-electron chi connectivity index (χ1n) is 8.77. The average molecular weight is 375 g/mol. The minimum atomic E-state index is -4.45. The second-order valence-electron chi connectivity index (χ2n) is 7.13. The molecule has 0 bridgehead atoms. The molecule has 0 amide bonds. The molecule has 2 fully saturated rings. The Kier molecular flexibility index (Phi) is 5.71. The van der Waals surface area contributed by atoms with Crippen LogP contribution in [-0.2, 0) is 6.18 Å². The topological polar surface area (TPSA) is 80.1 Å². The number of β-amino-alcohol motifs (C(OH)–C–C–N with tert-alkyl or cyclic N) is 1. The molecule has 0 radical (unpaired) electrons. The van der Waals surface area contributed by atoms with Gasteiger partial charge in [0.05, 0.1) is 24.4 Å². The molecule has 0 aromatic carbocycles. The van der Waals surface area contributed by atoms with E-state index < -0.39 is 23.9 Å². The second-order valence-corrected chi connectivity index (χ2v) is 7.13. The summed E-state index contributed by atoms with van der Waals surface area (Å²) in [7, 11) is 0. The highest BCUT2D eigenvalue weighted by atomic mass is 19.4. The maximum absolute atomic E-state index is 13.2. The van der Waals surface area contributed by atoms with Gasteiger partial charge in [0.25, 0.3) is 0 Å². The third kappa shape index (κ3) is 4.11. The number of hydrogen-bond acceptors (Lipinski definition) is 6. The summed E-state index contributed by atoms with van der Waals surface area (Å²) in [6.45, 7) is 1.60. The maximum Gasteiger partial charge on any atom is 0.419 e. The van der Waals surface area contributed by atoms with E-state index in [0.717, 1.165) is 6.07 Å². The Labute approximate surface area is 149 Å². The Morgan fingerprint density at radius 3 is 2.65 bits per heavy atom. The lowest BCUT2D eigenvalue weighted by atomic mass is 9.95. The molecule has 3 N–H and O–H groups in total. The van der Waals surface area contributed by atoms with Gasteiger partial charge in [0, 0.05) is 38.4 Å². The SMILES string of the molecule is OC[C@H]1CC(O)[C@@H](O)CN1CC1CCN(c2ncccc2C(F)(F)F)C1. The monoisotopic (exact) mass is 375 g/mol.